The van der Waals surface area contributed by atoms with Crippen molar-refractivity contribution < 1.29 is 0 Å². The molecule has 0 saturated carbocycles. The van der Waals surface area contributed by atoms with E-state index in [1.165, 1.54) is 0 Å². The second kappa shape index (κ2) is 6.20. The molecular formula is C16H19NO. The molecule has 2 rings (SSSR count). The van der Waals surface area contributed by atoms with Crippen molar-refractivity contribution >= 4 is 10.9 Å². The number of allylic oxidation sites excluding steroid dienone is 2. The van der Waals surface area contributed by atoms with Crippen LogP contribution in [0.15, 0.2) is 47.3 Å². The molecule has 2 aromatic rings. The van der Waals surface area contributed by atoms with E-state index in [1.807, 2.05) is 24.3 Å². The van der Waals surface area contributed by atoms with Crippen LogP contribution in [-0.4, -0.2) is 4.98 Å². The van der Waals surface area contributed by atoms with Gasteiger partial charge in [0.25, 0.3) is 0 Å². The zero-order chi connectivity index (χ0) is 12.8. The molecule has 0 spiro atoms. The van der Waals surface area contributed by atoms with Gasteiger partial charge in [0.1, 0.15) is 0 Å². The third kappa shape index (κ3) is 3.10. The Morgan fingerprint density at radius 3 is 2.89 bits per heavy atom. The van der Waals surface area contributed by atoms with Crippen molar-refractivity contribution in [3.05, 3.63) is 58.4 Å². The molecule has 0 aliphatic carbocycles. The van der Waals surface area contributed by atoms with E-state index >= 15 is 0 Å². The van der Waals surface area contributed by atoms with Crippen LogP contribution in [0, 0.1) is 0 Å². The van der Waals surface area contributed by atoms with Crippen LogP contribution >= 0.6 is 0 Å². The Bertz CT molecular complexity index is 595. The largest absolute Gasteiger partial charge is 0.358 e. The number of aromatic amines is 1. The molecule has 0 unspecified atom stereocenters. The fraction of sp³-hybridized carbons (Fsp3) is 0.312. The molecule has 1 N–H and O–H groups in total. The van der Waals surface area contributed by atoms with Crippen molar-refractivity contribution in [3.8, 4) is 0 Å². The molecule has 18 heavy (non-hydrogen) atoms. The first kappa shape index (κ1) is 12.6. The molecule has 94 valence electrons. The van der Waals surface area contributed by atoms with Gasteiger partial charge in [0, 0.05) is 22.7 Å². The van der Waals surface area contributed by atoms with Crippen LogP contribution in [0.2, 0.25) is 0 Å². The standard InChI is InChI=1S/C16H19NO/c1-2-3-4-5-6-9-13-12-16(18)14-10-7-8-11-15(14)17-13/h3-4,7-8,10-12H,2,5-6,9H2,1H3,(H,17,18)/b4-3-. The number of hydrogen-bond acceptors (Lipinski definition) is 1. The highest BCUT2D eigenvalue weighted by molar-refractivity contribution is 5.78. The Hall–Kier alpha value is -1.83. The summed E-state index contributed by atoms with van der Waals surface area (Å²) in [5.41, 5.74) is 2.08. The van der Waals surface area contributed by atoms with Crippen LogP contribution < -0.4 is 5.43 Å². The van der Waals surface area contributed by atoms with Crippen molar-refractivity contribution in [2.75, 3.05) is 0 Å². The summed E-state index contributed by atoms with van der Waals surface area (Å²) >= 11 is 0. The van der Waals surface area contributed by atoms with Crippen molar-refractivity contribution in [2.24, 2.45) is 0 Å². The van der Waals surface area contributed by atoms with E-state index in [2.05, 4.69) is 24.1 Å². The third-order valence-corrected chi connectivity index (χ3v) is 3.01. The van der Waals surface area contributed by atoms with Gasteiger partial charge >= 0.3 is 0 Å². The molecule has 0 fully saturated rings. The first-order chi connectivity index (χ1) is 8.81. The van der Waals surface area contributed by atoms with Gasteiger partial charge in [-0.25, -0.2) is 0 Å². The number of aromatic nitrogens is 1. The molecule has 0 atom stereocenters. The first-order valence-electron chi connectivity index (χ1n) is 6.57. The van der Waals surface area contributed by atoms with Gasteiger partial charge in [-0.05, 0) is 37.8 Å². The number of nitrogens with one attached hydrogen (secondary N) is 1. The molecule has 0 saturated heterocycles. The van der Waals surface area contributed by atoms with Gasteiger partial charge < -0.3 is 4.98 Å². The monoisotopic (exact) mass is 241 g/mol. The minimum Gasteiger partial charge on any atom is -0.358 e. The van der Waals surface area contributed by atoms with E-state index in [0.717, 1.165) is 42.3 Å². The van der Waals surface area contributed by atoms with Crippen LogP contribution in [0.25, 0.3) is 10.9 Å². The van der Waals surface area contributed by atoms with Crippen molar-refractivity contribution in [3.63, 3.8) is 0 Å². The predicted molar refractivity (Wildman–Crippen MR) is 76.9 cm³/mol. The van der Waals surface area contributed by atoms with Crippen LogP contribution in [0.1, 0.15) is 31.9 Å². The highest BCUT2D eigenvalue weighted by Gasteiger charge is 2.00. The predicted octanol–water partition coefficient (Wildman–Crippen LogP) is 3.82. The molecule has 2 nitrogen and oxygen atoms in total. The number of para-hydroxylation sites is 1. The van der Waals surface area contributed by atoms with Crippen LogP contribution in [0.5, 0.6) is 0 Å². The summed E-state index contributed by atoms with van der Waals surface area (Å²) < 4.78 is 0. The number of fused-ring (bicyclic) bond motifs is 1. The number of hydrogen-bond donors (Lipinski definition) is 1. The summed E-state index contributed by atoms with van der Waals surface area (Å²) in [6.07, 6.45) is 8.55. The van der Waals surface area contributed by atoms with Crippen LogP contribution in [0.4, 0.5) is 0 Å². The first-order valence-corrected chi connectivity index (χ1v) is 6.57. The summed E-state index contributed by atoms with van der Waals surface area (Å²) in [7, 11) is 0. The van der Waals surface area contributed by atoms with Gasteiger partial charge in [0.15, 0.2) is 5.43 Å². The normalized spacial score (nSPS) is 11.4. The lowest BCUT2D eigenvalue weighted by molar-refractivity contribution is 0.819. The maximum absolute atomic E-state index is 11.9. The molecule has 1 heterocycles. The number of rotatable bonds is 5. The Morgan fingerprint density at radius 1 is 1.22 bits per heavy atom. The Morgan fingerprint density at radius 2 is 2.06 bits per heavy atom. The number of aryl methyl sites for hydroxylation is 1. The SMILES string of the molecule is CC/C=C\CCCc1cc(=O)c2ccccc2[nH]1. The Balaban J connectivity index is 2.10. The summed E-state index contributed by atoms with van der Waals surface area (Å²) in [5, 5.41) is 0.770. The second-order valence-corrected chi connectivity index (χ2v) is 4.48. The molecule has 0 aliphatic rings. The van der Waals surface area contributed by atoms with Crippen LogP contribution in [-0.2, 0) is 6.42 Å². The summed E-state index contributed by atoms with van der Waals surface area (Å²) in [6, 6.07) is 9.39. The number of H-pyrrole nitrogens is 1. The fourth-order valence-corrected chi connectivity index (χ4v) is 2.08. The van der Waals surface area contributed by atoms with Crippen molar-refractivity contribution in [1.82, 2.24) is 4.98 Å². The molecule has 0 aliphatic heterocycles. The fourth-order valence-electron chi connectivity index (χ4n) is 2.08. The lowest BCUT2D eigenvalue weighted by Gasteiger charge is -2.03. The van der Waals surface area contributed by atoms with E-state index in [9.17, 15) is 4.79 Å². The number of benzene rings is 1. The molecule has 1 aromatic carbocycles. The second-order valence-electron chi connectivity index (χ2n) is 4.48. The van der Waals surface area contributed by atoms with Crippen LogP contribution in [0.3, 0.4) is 0 Å². The zero-order valence-corrected chi connectivity index (χ0v) is 10.8. The summed E-state index contributed by atoms with van der Waals surface area (Å²) in [5.74, 6) is 0. The maximum Gasteiger partial charge on any atom is 0.189 e. The topological polar surface area (TPSA) is 32.9 Å². The lowest BCUT2D eigenvalue weighted by atomic mass is 10.1. The van der Waals surface area contributed by atoms with Gasteiger partial charge in [-0.2, -0.15) is 0 Å². The van der Waals surface area contributed by atoms with Crippen molar-refractivity contribution in [1.29, 1.82) is 0 Å². The minimum atomic E-state index is 0.114. The van der Waals surface area contributed by atoms with Gasteiger partial charge in [0.05, 0.1) is 0 Å². The molecule has 0 bridgehead atoms. The molecule has 0 amide bonds. The molecule has 0 radical (unpaired) electrons. The van der Waals surface area contributed by atoms with E-state index in [1.54, 1.807) is 6.07 Å². The highest BCUT2D eigenvalue weighted by Crippen LogP contribution is 2.09. The third-order valence-electron chi connectivity index (χ3n) is 3.01. The summed E-state index contributed by atoms with van der Waals surface area (Å²) in [4.78, 5) is 15.2. The van der Waals surface area contributed by atoms with E-state index < -0.39 is 0 Å². The average molecular weight is 241 g/mol. The summed E-state index contributed by atoms with van der Waals surface area (Å²) in [6.45, 7) is 2.14. The van der Waals surface area contributed by atoms with Gasteiger partial charge in [-0.3, -0.25) is 4.79 Å². The van der Waals surface area contributed by atoms with Gasteiger partial charge in [-0.1, -0.05) is 31.2 Å². The number of unbranched alkanes of at least 4 members (excludes halogenated alkanes) is 1. The van der Waals surface area contributed by atoms with Gasteiger partial charge in [0.2, 0.25) is 0 Å². The highest BCUT2D eigenvalue weighted by atomic mass is 16.1. The lowest BCUT2D eigenvalue weighted by Crippen LogP contribution is -2.04. The average Bonchev–Trinajstić information content (AvgIpc) is 2.39. The molecular weight excluding hydrogens is 222 g/mol. The minimum absolute atomic E-state index is 0.114. The Labute approximate surface area is 107 Å². The van der Waals surface area contributed by atoms with E-state index in [4.69, 9.17) is 0 Å². The van der Waals surface area contributed by atoms with Gasteiger partial charge in [-0.15, -0.1) is 0 Å². The van der Waals surface area contributed by atoms with E-state index in [-0.39, 0.29) is 5.43 Å². The maximum atomic E-state index is 11.9. The van der Waals surface area contributed by atoms with Crippen molar-refractivity contribution in [2.45, 2.75) is 32.6 Å². The zero-order valence-electron chi connectivity index (χ0n) is 10.8. The quantitative estimate of drug-likeness (QED) is 0.626. The van der Waals surface area contributed by atoms with E-state index in [0.29, 0.717) is 0 Å². The Kier molecular flexibility index (Phi) is 4.35. The molecule has 1 aromatic heterocycles. The number of pyridine rings is 1. The smallest absolute Gasteiger partial charge is 0.189 e. The molecule has 2 heteroatoms.